The van der Waals surface area contributed by atoms with Crippen molar-refractivity contribution in [1.29, 1.82) is 0 Å². The minimum atomic E-state index is 0.305. The lowest BCUT2D eigenvalue weighted by Gasteiger charge is -2.19. The molecule has 0 heterocycles. The van der Waals surface area contributed by atoms with E-state index in [1.807, 2.05) is 6.92 Å². The van der Waals surface area contributed by atoms with E-state index >= 15 is 0 Å². The van der Waals surface area contributed by atoms with Gasteiger partial charge in [0.1, 0.15) is 0 Å². The molecular formula is C9H20N2. The Hall–Kier alpha value is -0.340. The van der Waals surface area contributed by atoms with Crippen LogP contribution in [0.4, 0.5) is 0 Å². The van der Waals surface area contributed by atoms with E-state index in [4.69, 9.17) is 5.73 Å². The van der Waals surface area contributed by atoms with E-state index in [9.17, 15) is 0 Å². The third-order valence-corrected chi connectivity index (χ3v) is 1.61. The lowest BCUT2D eigenvalue weighted by atomic mass is 10.2. The molecule has 0 fully saturated rings. The monoisotopic (exact) mass is 156 g/mol. The van der Waals surface area contributed by atoms with E-state index in [-0.39, 0.29) is 0 Å². The molecule has 2 heteroatoms. The van der Waals surface area contributed by atoms with Gasteiger partial charge in [-0.1, -0.05) is 19.1 Å². The molecule has 66 valence electrons. The van der Waals surface area contributed by atoms with Gasteiger partial charge in [-0.25, -0.2) is 0 Å². The van der Waals surface area contributed by atoms with Crippen molar-refractivity contribution in [3.8, 4) is 0 Å². The summed E-state index contributed by atoms with van der Waals surface area (Å²) in [6, 6.07) is 0.305. The maximum Gasteiger partial charge on any atom is 0.0185 e. The quantitative estimate of drug-likeness (QED) is 0.607. The fraction of sp³-hybridized carbons (Fsp3) is 0.778. The molecule has 0 aliphatic rings. The first kappa shape index (κ1) is 10.7. The second-order valence-electron chi connectivity index (χ2n) is 3.32. The molecule has 2 nitrogen and oxygen atoms in total. The van der Waals surface area contributed by atoms with Crippen LogP contribution in [0.25, 0.3) is 0 Å². The summed E-state index contributed by atoms with van der Waals surface area (Å²) in [5, 5.41) is 0. The Morgan fingerprint density at radius 3 is 2.55 bits per heavy atom. The molecule has 0 bridgehead atoms. The third-order valence-electron chi connectivity index (χ3n) is 1.61. The van der Waals surface area contributed by atoms with Gasteiger partial charge < -0.3 is 10.6 Å². The Kier molecular flexibility index (Phi) is 5.16. The molecule has 0 aromatic heterocycles. The molecule has 0 aromatic carbocycles. The first-order valence-corrected chi connectivity index (χ1v) is 4.14. The van der Waals surface area contributed by atoms with Crippen molar-refractivity contribution in [1.82, 2.24) is 4.90 Å². The van der Waals surface area contributed by atoms with Crippen molar-refractivity contribution in [3.05, 3.63) is 12.2 Å². The van der Waals surface area contributed by atoms with E-state index in [0.29, 0.717) is 6.04 Å². The van der Waals surface area contributed by atoms with Crippen LogP contribution in [0.2, 0.25) is 0 Å². The molecule has 0 amide bonds. The van der Waals surface area contributed by atoms with Gasteiger partial charge in [0.2, 0.25) is 0 Å². The normalized spacial score (nSPS) is 13.5. The average molecular weight is 156 g/mol. The molecule has 0 rings (SSSR count). The molecule has 0 aliphatic heterocycles. The highest BCUT2D eigenvalue weighted by molar-refractivity contribution is 4.91. The number of hydrogen-bond donors (Lipinski definition) is 1. The minimum absolute atomic E-state index is 0.305. The summed E-state index contributed by atoms with van der Waals surface area (Å²) in [5.41, 5.74) is 6.97. The van der Waals surface area contributed by atoms with Crippen molar-refractivity contribution in [2.45, 2.75) is 26.3 Å². The second-order valence-corrected chi connectivity index (χ2v) is 3.32. The van der Waals surface area contributed by atoms with Gasteiger partial charge in [-0.3, -0.25) is 0 Å². The number of likely N-dealkylation sites (N-methyl/N-ethyl adjacent to an activating group) is 1. The highest BCUT2D eigenvalue weighted by atomic mass is 15.1. The SMILES string of the molecule is C=C(C)CN(C)CC(N)CC. The Balaban J connectivity index is 3.51. The fourth-order valence-electron chi connectivity index (χ4n) is 1.05. The van der Waals surface area contributed by atoms with Gasteiger partial charge >= 0.3 is 0 Å². The maximum atomic E-state index is 5.78. The zero-order valence-electron chi connectivity index (χ0n) is 7.93. The number of nitrogens with two attached hydrogens (primary N) is 1. The van der Waals surface area contributed by atoms with Crippen LogP contribution in [0.5, 0.6) is 0 Å². The summed E-state index contributed by atoms with van der Waals surface area (Å²) in [7, 11) is 2.07. The first-order valence-electron chi connectivity index (χ1n) is 4.14. The van der Waals surface area contributed by atoms with Crippen molar-refractivity contribution in [2.75, 3.05) is 20.1 Å². The summed E-state index contributed by atoms with van der Waals surface area (Å²) < 4.78 is 0. The van der Waals surface area contributed by atoms with Crippen LogP contribution < -0.4 is 5.73 Å². The van der Waals surface area contributed by atoms with Crippen molar-refractivity contribution >= 4 is 0 Å². The number of rotatable bonds is 5. The van der Waals surface area contributed by atoms with Crippen molar-refractivity contribution in [3.63, 3.8) is 0 Å². The molecule has 11 heavy (non-hydrogen) atoms. The zero-order chi connectivity index (χ0) is 8.85. The van der Waals surface area contributed by atoms with E-state index in [2.05, 4.69) is 25.5 Å². The van der Waals surface area contributed by atoms with E-state index in [1.54, 1.807) is 0 Å². The van der Waals surface area contributed by atoms with Gasteiger partial charge in [-0.15, -0.1) is 0 Å². The van der Waals surface area contributed by atoms with Gasteiger partial charge in [0.15, 0.2) is 0 Å². The largest absolute Gasteiger partial charge is 0.327 e. The van der Waals surface area contributed by atoms with Gasteiger partial charge in [0, 0.05) is 19.1 Å². The Morgan fingerprint density at radius 1 is 1.64 bits per heavy atom. The number of nitrogens with zero attached hydrogens (tertiary/aromatic N) is 1. The Labute approximate surface area is 70.1 Å². The smallest absolute Gasteiger partial charge is 0.0185 e. The molecule has 0 saturated carbocycles. The van der Waals surface area contributed by atoms with Crippen LogP contribution in [0.15, 0.2) is 12.2 Å². The highest BCUT2D eigenvalue weighted by Crippen LogP contribution is 1.95. The molecule has 0 spiro atoms. The molecule has 0 aliphatic carbocycles. The predicted molar refractivity (Wildman–Crippen MR) is 50.6 cm³/mol. The molecular weight excluding hydrogens is 136 g/mol. The number of hydrogen-bond acceptors (Lipinski definition) is 2. The second kappa shape index (κ2) is 5.33. The minimum Gasteiger partial charge on any atom is -0.327 e. The molecule has 2 N–H and O–H groups in total. The van der Waals surface area contributed by atoms with Gasteiger partial charge in [-0.2, -0.15) is 0 Å². The summed E-state index contributed by atoms with van der Waals surface area (Å²) in [5.74, 6) is 0. The van der Waals surface area contributed by atoms with Crippen LogP contribution in [-0.2, 0) is 0 Å². The van der Waals surface area contributed by atoms with E-state index < -0.39 is 0 Å². The van der Waals surface area contributed by atoms with E-state index in [0.717, 1.165) is 19.5 Å². The van der Waals surface area contributed by atoms with E-state index in [1.165, 1.54) is 5.57 Å². The van der Waals surface area contributed by atoms with Crippen molar-refractivity contribution in [2.24, 2.45) is 5.73 Å². The fourth-order valence-corrected chi connectivity index (χ4v) is 1.05. The Bertz CT molecular complexity index is 121. The Morgan fingerprint density at radius 2 is 2.18 bits per heavy atom. The van der Waals surface area contributed by atoms with Crippen molar-refractivity contribution < 1.29 is 0 Å². The molecule has 1 atom stereocenters. The van der Waals surface area contributed by atoms with Gasteiger partial charge in [0.25, 0.3) is 0 Å². The molecule has 1 unspecified atom stereocenters. The van der Waals surface area contributed by atoms with Crippen LogP contribution in [0.3, 0.4) is 0 Å². The molecule has 0 aromatic rings. The molecule has 0 radical (unpaired) electrons. The zero-order valence-corrected chi connectivity index (χ0v) is 7.93. The standard InChI is InChI=1S/C9H20N2/c1-5-9(10)7-11(4)6-8(2)3/h9H,2,5-7,10H2,1,3-4H3. The molecule has 0 saturated heterocycles. The summed E-state index contributed by atoms with van der Waals surface area (Å²) in [6.07, 6.45) is 1.04. The lowest BCUT2D eigenvalue weighted by molar-refractivity contribution is 0.331. The van der Waals surface area contributed by atoms with Crippen LogP contribution in [0.1, 0.15) is 20.3 Å². The third kappa shape index (κ3) is 6.07. The summed E-state index contributed by atoms with van der Waals surface area (Å²) in [4.78, 5) is 2.20. The lowest BCUT2D eigenvalue weighted by Crippen LogP contribution is -2.35. The summed E-state index contributed by atoms with van der Waals surface area (Å²) in [6.45, 7) is 9.91. The predicted octanol–water partition coefficient (Wildman–Crippen LogP) is 1.23. The highest BCUT2D eigenvalue weighted by Gasteiger charge is 2.03. The van der Waals surface area contributed by atoms with Crippen LogP contribution >= 0.6 is 0 Å². The first-order chi connectivity index (χ1) is 5.06. The van der Waals surface area contributed by atoms with Gasteiger partial charge in [-0.05, 0) is 20.4 Å². The maximum absolute atomic E-state index is 5.78. The van der Waals surface area contributed by atoms with Crippen LogP contribution in [-0.4, -0.2) is 31.1 Å². The average Bonchev–Trinajstić information content (AvgIpc) is 1.85. The summed E-state index contributed by atoms with van der Waals surface area (Å²) >= 11 is 0. The van der Waals surface area contributed by atoms with Gasteiger partial charge in [0.05, 0.1) is 0 Å². The van der Waals surface area contributed by atoms with Crippen LogP contribution in [0, 0.1) is 0 Å². The topological polar surface area (TPSA) is 29.3 Å².